The minimum atomic E-state index is -2.47. The number of benzene rings is 1. The molecule has 0 radical (unpaired) electrons. The van der Waals surface area contributed by atoms with E-state index in [-0.39, 0.29) is 11.9 Å². The number of carbonyl (C=O) groups excluding carboxylic acids is 1. The molecule has 0 saturated carbocycles. The van der Waals surface area contributed by atoms with Crippen LogP contribution in [0.3, 0.4) is 0 Å². The number of amides is 1. The zero-order valence-corrected chi connectivity index (χ0v) is 13.1. The molecule has 22 heavy (non-hydrogen) atoms. The average Bonchev–Trinajstić information content (AvgIpc) is 2.94. The first-order valence-corrected chi connectivity index (χ1v) is 7.79. The summed E-state index contributed by atoms with van der Waals surface area (Å²) in [4.78, 5) is 12.6. The van der Waals surface area contributed by atoms with Gasteiger partial charge in [0.25, 0.3) is 11.7 Å². The Morgan fingerprint density at radius 3 is 2.59 bits per heavy atom. The summed E-state index contributed by atoms with van der Waals surface area (Å²) in [5, 5.41) is 6.98. The fourth-order valence-electron chi connectivity index (χ4n) is 1.91. The quantitative estimate of drug-likeness (QED) is 0.800. The van der Waals surface area contributed by atoms with Crippen molar-refractivity contribution in [3.8, 4) is 0 Å². The van der Waals surface area contributed by atoms with Crippen LogP contribution in [0.15, 0.2) is 41.4 Å². The highest BCUT2D eigenvalue weighted by Gasteiger charge is 2.13. The molecule has 0 aliphatic heterocycles. The maximum atomic E-state index is 12.3. The van der Waals surface area contributed by atoms with E-state index in [1.807, 2.05) is 13.8 Å². The number of halogens is 2. The molecule has 0 aliphatic rings. The minimum absolute atomic E-state index is 0.176. The Labute approximate surface area is 131 Å². The van der Waals surface area contributed by atoms with Crippen LogP contribution in [0.2, 0.25) is 0 Å². The molecule has 4 nitrogen and oxygen atoms in total. The van der Waals surface area contributed by atoms with E-state index >= 15 is 0 Å². The van der Waals surface area contributed by atoms with Gasteiger partial charge in [0.1, 0.15) is 5.82 Å². The maximum Gasteiger partial charge on any atom is 0.288 e. The molecule has 1 heterocycles. The van der Waals surface area contributed by atoms with Crippen LogP contribution in [-0.4, -0.2) is 21.4 Å². The van der Waals surface area contributed by atoms with Gasteiger partial charge in [-0.25, -0.2) is 4.68 Å². The first-order valence-electron chi connectivity index (χ1n) is 6.91. The zero-order valence-electron chi connectivity index (χ0n) is 12.3. The monoisotopic (exact) mass is 325 g/mol. The van der Waals surface area contributed by atoms with Crippen LogP contribution in [0.4, 0.5) is 14.6 Å². The normalized spacial score (nSPS) is 12.4. The molecule has 1 N–H and O–H groups in total. The SMILES string of the molecule is CCC(C)n1nccc1NC(=O)c1ccc(SC(F)F)cc1. The molecule has 2 rings (SSSR count). The first kappa shape index (κ1) is 16.5. The largest absolute Gasteiger partial charge is 0.307 e. The fraction of sp³-hybridized carbons (Fsp3) is 0.333. The van der Waals surface area contributed by atoms with E-state index in [9.17, 15) is 13.6 Å². The van der Waals surface area contributed by atoms with Crippen LogP contribution in [-0.2, 0) is 0 Å². The number of aromatic nitrogens is 2. The highest BCUT2D eigenvalue weighted by atomic mass is 32.2. The van der Waals surface area contributed by atoms with Crippen LogP contribution >= 0.6 is 11.8 Å². The van der Waals surface area contributed by atoms with Crippen LogP contribution in [0.1, 0.15) is 36.7 Å². The van der Waals surface area contributed by atoms with Crippen molar-refractivity contribution in [3.63, 3.8) is 0 Å². The molecule has 1 unspecified atom stereocenters. The molecule has 0 aliphatic carbocycles. The van der Waals surface area contributed by atoms with Crippen molar-refractivity contribution >= 4 is 23.5 Å². The van der Waals surface area contributed by atoms with Crippen molar-refractivity contribution in [2.75, 3.05) is 5.32 Å². The number of nitrogens with one attached hydrogen (secondary N) is 1. The third-order valence-corrected chi connectivity index (χ3v) is 3.98. The van der Waals surface area contributed by atoms with Gasteiger partial charge in [0.2, 0.25) is 0 Å². The Morgan fingerprint density at radius 2 is 2.00 bits per heavy atom. The number of carbonyl (C=O) groups is 1. The van der Waals surface area contributed by atoms with Crippen molar-refractivity contribution in [3.05, 3.63) is 42.1 Å². The summed E-state index contributed by atoms with van der Waals surface area (Å²) >= 11 is 0.454. The third-order valence-electron chi connectivity index (χ3n) is 3.26. The van der Waals surface area contributed by atoms with E-state index in [4.69, 9.17) is 0 Å². The lowest BCUT2D eigenvalue weighted by molar-refractivity contribution is 0.102. The average molecular weight is 325 g/mol. The van der Waals surface area contributed by atoms with Gasteiger partial charge in [0, 0.05) is 16.5 Å². The molecule has 0 bridgehead atoms. The Bertz CT molecular complexity index is 628. The minimum Gasteiger partial charge on any atom is -0.307 e. The molecule has 1 aromatic heterocycles. The van der Waals surface area contributed by atoms with Gasteiger partial charge in [-0.15, -0.1) is 0 Å². The molecule has 0 saturated heterocycles. The lowest BCUT2D eigenvalue weighted by Crippen LogP contribution is -2.17. The molecule has 118 valence electrons. The Morgan fingerprint density at radius 1 is 1.32 bits per heavy atom. The summed E-state index contributed by atoms with van der Waals surface area (Å²) in [7, 11) is 0. The number of hydrogen-bond acceptors (Lipinski definition) is 3. The van der Waals surface area contributed by atoms with Gasteiger partial charge in [-0.2, -0.15) is 13.9 Å². The first-order chi connectivity index (χ1) is 10.5. The van der Waals surface area contributed by atoms with Gasteiger partial charge >= 0.3 is 0 Å². The Balaban J connectivity index is 2.08. The summed E-state index contributed by atoms with van der Waals surface area (Å²) < 4.78 is 26.3. The van der Waals surface area contributed by atoms with Crippen LogP contribution in [0, 0.1) is 0 Å². The lowest BCUT2D eigenvalue weighted by atomic mass is 10.2. The van der Waals surface area contributed by atoms with Crippen molar-refractivity contribution in [1.29, 1.82) is 0 Å². The molecule has 0 fully saturated rings. The van der Waals surface area contributed by atoms with Gasteiger partial charge in [0.15, 0.2) is 0 Å². The van der Waals surface area contributed by atoms with E-state index in [0.29, 0.717) is 28.0 Å². The molecule has 0 spiro atoms. The predicted octanol–water partition coefficient (Wildman–Crippen LogP) is 4.42. The molecule has 1 atom stereocenters. The Kier molecular flexibility index (Phi) is 5.54. The second kappa shape index (κ2) is 7.40. The molecule has 1 amide bonds. The number of nitrogens with zero attached hydrogens (tertiary/aromatic N) is 2. The van der Waals surface area contributed by atoms with Crippen LogP contribution in [0.25, 0.3) is 0 Å². The number of rotatable bonds is 6. The van der Waals surface area contributed by atoms with E-state index < -0.39 is 5.76 Å². The van der Waals surface area contributed by atoms with E-state index in [1.54, 1.807) is 16.9 Å². The smallest absolute Gasteiger partial charge is 0.288 e. The van der Waals surface area contributed by atoms with Gasteiger partial charge in [-0.05, 0) is 37.6 Å². The predicted molar refractivity (Wildman–Crippen MR) is 83.5 cm³/mol. The summed E-state index contributed by atoms with van der Waals surface area (Å²) in [6.45, 7) is 4.05. The number of hydrogen-bond donors (Lipinski definition) is 1. The fourth-order valence-corrected chi connectivity index (χ4v) is 2.41. The van der Waals surface area contributed by atoms with Crippen LogP contribution in [0.5, 0.6) is 0 Å². The van der Waals surface area contributed by atoms with Gasteiger partial charge in [-0.1, -0.05) is 18.7 Å². The number of anilines is 1. The number of alkyl halides is 2. The second-order valence-electron chi connectivity index (χ2n) is 4.78. The summed E-state index contributed by atoms with van der Waals surface area (Å²) in [6.07, 6.45) is 2.52. The van der Waals surface area contributed by atoms with Gasteiger partial charge in [0.05, 0.1) is 12.2 Å². The van der Waals surface area contributed by atoms with Gasteiger partial charge < -0.3 is 5.32 Å². The van der Waals surface area contributed by atoms with E-state index in [0.717, 1.165) is 6.42 Å². The summed E-state index contributed by atoms with van der Waals surface area (Å²) in [5.74, 6) is -2.14. The standard InChI is InChI=1S/C15H17F2N3OS/c1-3-10(2)20-13(8-9-18-20)19-14(21)11-4-6-12(7-5-11)22-15(16)17/h4-10,15H,3H2,1-2H3,(H,19,21). The van der Waals surface area contributed by atoms with E-state index in [2.05, 4.69) is 10.4 Å². The summed E-state index contributed by atoms with van der Waals surface area (Å²) in [5.41, 5.74) is 0.413. The van der Waals surface area contributed by atoms with Crippen molar-refractivity contribution in [1.82, 2.24) is 9.78 Å². The molecular formula is C15H17F2N3OS. The van der Waals surface area contributed by atoms with Crippen LogP contribution < -0.4 is 5.32 Å². The summed E-state index contributed by atoms with van der Waals surface area (Å²) in [6, 6.07) is 7.99. The molecular weight excluding hydrogens is 308 g/mol. The molecule has 1 aromatic carbocycles. The zero-order chi connectivity index (χ0) is 16.1. The topological polar surface area (TPSA) is 46.9 Å². The molecule has 2 aromatic rings. The Hall–Kier alpha value is -1.89. The highest BCUT2D eigenvalue weighted by Crippen LogP contribution is 2.25. The second-order valence-corrected chi connectivity index (χ2v) is 5.84. The van der Waals surface area contributed by atoms with Crippen molar-refractivity contribution in [2.45, 2.75) is 37.0 Å². The lowest BCUT2D eigenvalue weighted by Gasteiger charge is -2.14. The van der Waals surface area contributed by atoms with Crippen molar-refractivity contribution in [2.24, 2.45) is 0 Å². The number of thioether (sulfide) groups is 1. The maximum absolute atomic E-state index is 12.3. The highest BCUT2D eigenvalue weighted by molar-refractivity contribution is 7.99. The van der Waals surface area contributed by atoms with E-state index in [1.165, 1.54) is 24.3 Å². The van der Waals surface area contributed by atoms with Gasteiger partial charge in [-0.3, -0.25) is 4.79 Å². The third kappa shape index (κ3) is 4.07. The van der Waals surface area contributed by atoms with Crippen molar-refractivity contribution < 1.29 is 13.6 Å². The molecule has 7 heteroatoms.